The van der Waals surface area contributed by atoms with Crippen LogP contribution in [0.3, 0.4) is 0 Å². The molecule has 1 spiro atoms. The van der Waals surface area contributed by atoms with Crippen LogP contribution in [0.15, 0.2) is 42.5 Å². The molecular formula is C17H16NO4-. The van der Waals surface area contributed by atoms with Gasteiger partial charge in [-0.3, -0.25) is 4.79 Å². The Bertz CT molecular complexity index is 685. The minimum absolute atomic E-state index is 0.164. The van der Waals surface area contributed by atoms with Crippen molar-refractivity contribution >= 4 is 11.9 Å². The van der Waals surface area contributed by atoms with Gasteiger partial charge >= 0.3 is 0 Å². The number of rotatable bonds is 3. The highest BCUT2D eigenvalue weighted by molar-refractivity contribution is 5.92. The topological polar surface area (TPSA) is 69.7 Å². The molecule has 1 aromatic rings. The van der Waals surface area contributed by atoms with Crippen molar-refractivity contribution < 1.29 is 19.4 Å². The lowest BCUT2D eigenvalue weighted by Gasteiger charge is -2.35. The normalized spacial score (nSPS) is 38.6. The third-order valence-electron chi connectivity index (χ3n) is 5.23. The average molecular weight is 298 g/mol. The smallest absolute Gasteiger partial charge is 0.230 e. The van der Waals surface area contributed by atoms with E-state index in [1.807, 2.05) is 36.4 Å². The van der Waals surface area contributed by atoms with Crippen molar-refractivity contribution in [2.75, 3.05) is 6.54 Å². The summed E-state index contributed by atoms with van der Waals surface area (Å²) >= 11 is 0. The maximum Gasteiger partial charge on any atom is 0.230 e. The first-order valence-corrected chi connectivity index (χ1v) is 7.39. The van der Waals surface area contributed by atoms with Crippen molar-refractivity contribution in [3.05, 3.63) is 48.0 Å². The number of carbonyl (C=O) groups is 2. The summed E-state index contributed by atoms with van der Waals surface area (Å²) in [4.78, 5) is 26.2. The number of carbonyl (C=O) groups excluding carboxylic acids is 2. The largest absolute Gasteiger partial charge is 0.549 e. The SMILES string of the molecule is C[C@@]1(C(=O)[O-])[C@@H]2C=C[C@]3(CN(Cc4ccccc4)C(=O)[C@H]13)O2. The minimum atomic E-state index is -1.29. The monoisotopic (exact) mass is 298 g/mol. The van der Waals surface area contributed by atoms with Crippen LogP contribution in [-0.2, 0) is 20.9 Å². The van der Waals surface area contributed by atoms with E-state index >= 15 is 0 Å². The van der Waals surface area contributed by atoms with Crippen molar-refractivity contribution in [2.24, 2.45) is 11.3 Å². The van der Waals surface area contributed by atoms with Crippen molar-refractivity contribution in [1.82, 2.24) is 4.90 Å². The predicted molar refractivity (Wildman–Crippen MR) is 75.2 cm³/mol. The van der Waals surface area contributed by atoms with Gasteiger partial charge < -0.3 is 19.5 Å². The number of amides is 1. The summed E-state index contributed by atoms with van der Waals surface area (Å²) < 4.78 is 5.90. The molecule has 0 unspecified atom stereocenters. The lowest BCUT2D eigenvalue weighted by molar-refractivity contribution is -0.321. The fraction of sp³-hybridized carbons (Fsp3) is 0.412. The Morgan fingerprint density at radius 2 is 2.14 bits per heavy atom. The van der Waals surface area contributed by atoms with Crippen molar-refractivity contribution in [3.8, 4) is 0 Å². The molecule has 0 saturated carbocycles. The standard InChI is InChI=1S/C17H17NO4/c1-16(15(20)21)12-7-8-17(22-12)10-18(14(19)13(16)17)9-11-5-3-2-4-6-11/h2-8,12-13H,9-10H2,1H3,(H,20,21)/p-1/t12-,13+,16+,17+/m0/s1. The van der Waals surface area contributed by atoms with Crippen LogP contribution in [0.5, 0.6) is 0 Å². The van der Waals surface area contributed by atoms with Gasteiger partial charge in [0, 0.05) is 6.54 Å². The summed E-state index contributed by atoms with van der Waals surface area (Å²) in [5.74, 6) is -2.09. The van der Waals surface area contributed by atoms with Crippen molar-refractivity contribution in [3.63, 3.8) is 0 Å². The number of nitrogens with zero attached hydrogens (tertiary/aromatic N) is 1. The fourth-order valence-electron chi connectivity index (χ4n) is 4.10. The van der Waals surface area contributed by atoms with Crippen LogP contribution in [-0.4, -0.2) is 35.0 Å². The minimum Gasteiger partial charge on any atom is -0.549 e. The van der Waals surface area contributed by atoms with Crippen LogP contribution in [0.25, 0.3) is 0 Å². The van der Waals surface area contributed by atoms with Gasteiger partial charge in [0.1, 0.15) is 5.60 Å². The molecule has 1 amide bonds. The first kappa shape index (κ1) is 13.5. The summed E-state index contributed by atoms with van der Waals surface area (Å²) in [5.41, 5.74) is -1.09. The summed E-state index contributed by atoms with van der Waals surface area (Å²) in [6.07, 6.45) is 3.03. The second-order valence-corrected chi connectivity index (χ2v) is 6.54. The zero-order valence-corrected chi connectivity index (χ0v) is 12.2. The van der Waals surface area contributed by atoms with Crippen LogP contribution in [0.4, 0.5) is 0 Å². The Labute approximate surface area is 128 Å². The molecule has 0 aliphatic carbocycles. The molecule has 3 heterocycles. The van der Waals surface area contributed by atoms with Gasteiger partial charge in [-0.05, 0) is 5.56 Å². The molecule has 4 atom stereocenters. The average Bonchev–Trinajstić information content (AvgIpc) is 3.10. The van der Waals surface area contributed by atoms with Crippen molar-refractivity contribution in [1.29, 1.82) is 0 Å². The number of benzene rings is 1. The van der Waals surface area contributed by atoms with Crippen LogP contribution >= 0.6 is 0 Å². The zero-order valence-electron chi connectivity index (χ0n) is 12.2. The molecule has 4 rings (SSSR count). The van der Waals surface area contributed by atoms with Gasteiger partial charge in [0.2, 0.25) is 5.91 Å². The van der Waals surface area contributed by atoms with Gasteiger partial charge in [0.05, 0.1) is 30.0 Å². The van der Waals surface area contributed by atoms with Gasteiger partial charge in [-0.15, -0.1) is 0 Å². The van der Waals surface area contributed by atoms with E-state index < -0.39 is 29.0 Å². The number of likely N-dealkylation sites (tertiary alicyclic amines) is 1. The van der Waals surface area contributed by atoms with E-state index in [-0.39, 0.29) is 5.91 Å². The number of hydrogen-bond donors (Lipinski definition) is 0. The molecular weight excluding hydrogens is 282 g/mol. The van der Waals surface area contributed by atoms with Crippen LogP contribution < -0.4 is 5.11 Å². The van der Waals surface area contributed by atoms with Gasteiger partial charge in [-0.25, -0.2) is 0 Å². The van der Waals surface area contributed by atoms with Gasteiger partial charge in [-0.1, -0.05) is 49.4 Å². The van der Waals surface area contributed by atoms with E-state index in [4.69, 9.17) is 4.74 Å². The van der Waals surface area contributed by atoms with Gasteiger partial charge in [-0.2, -0.15) is 0 Å². The quantitative estimate of drug-likeness (QED) is 0.743. The molecule has 3 aliphatic heterocycles. The van der Waals surface area contributed by atoms with E-state index in [9.17, 15) is 14.7 Å². The summed E-state index contributed by atoms with van der Waals surface area (Å²) in [6.45, 7) is 2.41. The highest BCUT2D eigenvalue weighted by atomic mass is 16.5. The Morgan fingerprint density at radius 1 is 1.41 bits per heavy atom. The Hall–Kier alpha value is -2.14. The van der Waals surface area contributed by atoms with E-state index in [0.717, 1.165) is 5.56 Å². The molecule has 0 radical (unpaired) electrons. The fourth-order valence-corrected chi connectivity index (χ4v) is 4.10. The Balaban J connectivity index is 1.68. The number of hydrogen-bond acceptors (Lipinski definition) is 4. The third kappa shape index (κ3) is 1.52. The molecule has 5 heteroatoms. The molecule has 1 aromatic carbocycles. The zero-order chi connectivity index (χ0) is 15.5. The molecule has 5 nitrogen and oxygen atoms in total. The second-order valence-electron chi connectivity index (χ2n) is 6.54. The van der Waals surface area contributed by atoms with Crippen LogP contribution in [0, 0.1) is 11.3 Å². The highest BCUT2D eigenvalue weighted by Crippen LogP contribution is 2.58. The molecule has 2 fully saturated rings. The number of ether oxygens (including phenoxy) is 1. The maximum absolute atomic E-state index is 12.8. The van der Waals surface area contributed by atoms with Crippen LogP contribution in [0.2, 0.25) is 0 Å². The molecule has 114 valence electrons. The molecule has 2 saturated heterocycles. The number of aliphatic carboxylic acids is 1. The first-order chi connectivity index (χ1) is 10.5. The van der Waals surface area contributed by atoms with E-state index in [2.05, 4.69) is 0 Å². The molecule has 0 N–H and O–H groups in total. The van der Waals surface area contributed by atoms with E-state index in [1.165, 1.54) is 0 Å². The molecule has 3 aliphatic rings. The van der Waals surface area contributed by atoms with Gasteiger partial charge in [0.15, 0.2) is 0 Å². The summed E-state index contributed by atoms with van der Waals surface area (Å²) in [6, 6.07) is 9.66. The Morgan fingerprint density at radius 3 is 2.82 bits per heavy atom. The van der Waals surface area contributed by atoms with Gasteiger partial charge in [0.25, 0.3) is 0 Å². The predicted octanol–water partition coefficient (Wildman–Crippen LogP) is 0.109. The lowest BCUT2D eigenvalue weighted by atomic mass is 9.66. The maximum atomic E-state index is 12.8. The summed E-state index contributed by atoms with van der Waals surface area (Å²) in [5, 5.41) is 11.7. The first-order valence-electron chi connectivity index (χ1n) is 7.39. The number of carboxylic acids is 1. The number of fused-ring (bicyclic) bond motifs is 1. The highest BCUT2D eigenvalue weighted by Gasteiger charge is 2.70. The van der Waals surface area contributed by atoms with Crippen molar-refractivity contribution in [2.45, 2.75) is 25.2 Å². The number of carboxylic acid groups (broad SMARTS) is 1. The Kier molecular flexibility index (Phi) is 2.58. The lowest BCUT2D eigenvalue weighted by Crippen LogP contribution is -2.53. The third-order valence-corrected chi connectivity index (χ3v) is 5.23. The molecule has 2 bridgehead atoms. The molecule has 22 heavy (non-hydrogen) atoms. The molecule has 0 aromatic heterocycles. The van der Waals surface area contributed by atoms with Crippen LogP contribution in [0.1, 0.15) is 12.5 Å². The summed E-state index contributed by atoms with van der Waals surface area (Å²) in [7, 11) is 0. The van der Waals surface area contributed by atoms with E-state index in [1.54, 1.807) is 17.9 Å². The second kappa shape index (κ2) is 4.20. The van der Waals surface area contributed by atoms with E-state index in [0.29, 0.717) is 13.1 Å².